The molecule has 1 aliphatic rings. The fourth-order valence-electron chi connectivity index (χ4n) is 2.37. The molecule has 0 saturated heterocycles. The third-order valence-electron chi connectivity index (χ3n) is 3.48. The van der Waals surface area contributed by atoms with E-state index in [1.165, 1.54) is 27.8 Å². The molecule has 0 aromatic heterocycles. The van der Waals surface area contributed by atoms with Crippen molar-refractivity contribution in [2.45, 2.75) is 13.3 Å². The molecule has 0 bridgehead atoms. The first-order valence-corrected chi connectivity index (χ1v) is 6.60. The van der Waals surface area contributed by atoms with Crippen molar-refractivity contribution < 1.29 is 0 Å². The number of hydrogen-bond acceptors (Lipinski definition) is 0. The van der Waals surface area contributed by atoms with E-state index in [2.05, 4.69) is 73.3 Å². The van der Waals surface area contributed by atoms with Gasteiger partial charge in [-0.2, -0.15) is 0 Å². The van der Waals surface area contributed by atoms with Crippen LogP contribution in [0, 0.1) is 0 Å². The van der Waals surface area contributed by atoms with E-state index in [1.807, 2.05) is 6.07 Å². The number of fused-ring (bicyclic) bond motifs is 1. The highest BCUT2D eigenvalue weighted by Crippen LogP contribution is 2.27. The number of hydrogen-bond donors (Lipinski definition) is 0. The average Bonchev–Trinajstić information content (AvgIpc) is 2.46. The predicted octanol–water partition coefficient (Wildman–Crippen LogP) is 4.88. The van der Waals surface area contributed by atoms with E-state index in [9.17, 15) is 0 Å². The standard InChI is InChI=1S/C19H16/c1-15-13-18-9-5-6-10-19(18)14-17(15)12-11-16-7-3-2-4-8-16/h2-11,13H,14H2,1H3. The SMILES string of the molecule is CC1=Cc2ccccc2CC1=C=Cc1ccccc1. The molecule has 0 heterocycles. The van der Waals surface area contributed by atoms with Gasteiger partial charge in [-0.3, -0.25) is 0 Å². The molecule has 0 spiro atoms. The van der Waals surface area contributed by atoms with Crippen LogP contribution in [0.25, 0.3) is 12.2 Å². The van der Waals surface area contributed by atoms with Gasteiger partial charge in [-0.1, -0.05) is 60.7 Å². The topological polar surface area (TPSA) is 0 Å². The van der Waals surface area contributed by atoms with Gasteiger partial charge in [-0.05, 0) is 35.3 Å². The minimum Gasteiger partial charge on any atom is -0.116 e. The van der Waals surface area contributed by atoms with Crippen molar-refractivity contribution in [3.8, 4) is 0 Å². The average molecular weight is 244 g/mol. The second-order valence-corrected chi connectivity index (χ2v) is 4.88. The van der Waals surface area contributed by atoms with Gasteiger partial charge in [0.15, 0.2) is 0 Å². The van der Waals surface area contributed by atoms with Gasteiger partial charge in [0, 0.05) is 12.0 Å². The van der Waals surface area contributed by atoms with Crippen LogP contribution < -0.4 is 0 Å². The molecule has 92 valence electrons. The van der Waals surface area contributed by atoms with Crippen molar-refractivity contribution in [1.82, 2.24) is 0 Å². The zero-order valence-corrected chi connectivity index (χ0v) is 11.1. The van der Waals surface area contributed by atoms with Crippen LogP contribution in [0.2, 0.25) is 0 Å². The van der Waals surface area contributed by atoms with E-state index in [-0.39, 0.29) is 0 Å². The molecular formula is C19H16. The predicted molar refractivity (Wildman–Crippen MR) is 81.7 cm³/mol. The van der Waals surface area contributed by atoms with Crippen molar-refractivity contribution in [1.29, 1.82) is 0 Å². The lowest BCUT2D eigenvalue weighted by molar-refractivity contribution is 1.13. The molecule has 0 heteroatoms. The van der Waals surface area contributed by atoms with Crippen LogP contribution in [-0.2, 0) is 6.42 Å². The Labute approximate surface area is 114 Å². The summed E-state index contributed by atoms with van der Waals surface area (Å²) >= 11 is 0. The summed E-state index contributed by atoms with van der Waals surface area (Å²) in [5.74, 6) is 0. The highest BCUT2D eigenvalue weighted by atomic mass is 14.1. The maximum absolute atomic E-state index is 3.45. The second-order valence-electron chi connectivity index (χ2n) is 4.88. The van der Waals surface area contributed by atoms with Crippen molar-refractivity contribution in [3.05, 3.63) is 88.2 Å². The highest BCUT2D eigenvalue weighted by Gasteiger charge is 2.10. The van der Waals surface area contributed by atoms with Crippen molar-refractivity contribution in [3.63, 3.8) is 0 Å². The van der Waals surface area contributed by atoms with Gasteiger partial charge in [0.2, 0.25) is 0 Å². The maximum atomic E-state index is 3.45. The minimum atomic E-state index is 0.974. The van der Waals surface area contributed by atoms with Crippen LogP contribution in [0.1, 0.15) is 23.6 Å². The molecule has 3 rings (SSSR count). The van der Waals surface area contributed by atoms with Gasteiger partial charge in [-0.25, -0.2) is 0 Å². The van der Waals surface area contributed by atoms with Crippen molar-refractivity contribution in [2.24, 2.45) is 0 Å². The van der Waals surface area contributed by atoms with Crippen LogP contribution in [0.5, 0.6) is 0 Å². The van der Waals surface area contributed by atoms with Crippen molar-refractivity contribution >= 4 is 12.2 Å². The largest absolute Gasteiger partial charge is 0.116 e. The van der Waals surface area contributed by atoms with Gasteiger partial charge in [0.05, 0.1) is 0 Å². The summed E-state index contributed by atoms with van der Waals surface area (Å²) in [6, 6.07) is 18.9. The molecule has 1 aliphatic carbocycles. The summed E-state index contributed by atoms with van der Waals surface area (Å²) in [6.45, 7) is 2.16. The van der Waals surface area contributed by atoms with Gasteiger partial charge in [-0.15, -0.1) is 5.73 Å². The number of rotatable bonds is 1. The summed E-state index contributed by atoms with van der Waals surface area (Å²) in [4.78, 5) is 0. The van der Waals surface area contributed by atoms with Gasteiger partial charge >= 0.3 is 0 Å². The molecule has 2 aromatic rings. The van der Waals surface area contributed by atoms with Gasteiger partial charge in [0.1, 0.15) is 0 Å². The summed E-state index contributed by atoms with van der Waals surface area (Å²) in [5, 5.41) is 0. The lowest BCUT2D eigenvalue weighted by Gasteiger charge is -2.15. The minimum absolute atomic E-state index is 0.974. The summed E-state index contributed by atoms with van der Waals surface area (Å²) < 4.78 is 0. The Morgan fingerprint density at radius 1 is 0.947 bits per heavy atom. The van der Waals surface area contributed by atoms with E-state index < -0.39 is 0 Å². The Hall–Kier alpha value is -2.30. The van der Waals surface area contributed by atoms with Crippen molar-refractivity contribution in [2.75, 3.05) is 0 Å². The monoisotopic (exact) mass is 244 g/mol. The molecule has 0 nitrogen and oxygen atoms in total. The molecule has 0 aliphatic heterocycles. The molecule has 0 radical (unpaired) electrons. The third kappa shape index (κ3) is 2.59. The number of allylic oxidation sites excluding steroid dienone is 2. The molecule has 2 aromatic carbocycles. The van der Waals surface area contributed by atoms with E-state index in [0.29, 0.717) is 0 Å². The maximum Gasteiger partial charge on any atom is 0.00565 e. The fraction of sp³-hybridized carbons (Fsp3) is 0.105. The van der Waals surface area contributed by atoms with Crippen LogP contribution in [-0.4, -0.2) is 0 Å². The molecular weight excluding hydrogens is 228 g/mol. The zero-order chi connectivity index (χ0) is 13.1. The Bertz CT molecular complexity index is 681. The first-order valence-electron chi connectivity index (χ1n) is 6.60. The Morgan fingerprint density at radius 3 is 2.53 bits per heavy atom. The van der Waals surface area contributed by atoms with Crippen LogP contribution >= 0.6 is 0 Å². The molecule has 0 saturated carbocycles. The van der Waals surface area contributed by atoms with Crippen LogP contribution in [0.15, 0.2) is 71.5 Å². The Balaban J connectivity index is 1.98. The van der Waals surface area contributed by atoms with Crippen LogP contribution in [0.4, 0.5) is 0 Å². The normalized spacial score (nSPS) is 13.3. The zero-order valence-electron chi connectivity index (χ0n) is 11.1. The van der Waals surface area contributed by atoms with E-state index in [1.54, 1.807) is 0 Å². The molecule has 0 atom stereocenters. The fourth-order valence-corrected chi connectivity index (χ4v) is 2.37. The van der Waals surface area contributed by atoms with E-state index in [4.69, 9.17) is 0 Å². The second kappa shape index (κ2) is 5.14. The molecule has 0 amide bonds. The summed E-state index contributed by atoms with van der Waals surface area (Å²) in [5.41, 5.74) is 9.96. The molecule has 0 N–H and O–H groups in total. The van der Waals surface area contributed by atoms with Crippen LogP contribution in [0.3, 0.4) is 0 Å². The third-order valence-corrected chi connectivity index (χ3v) is 3.48. The molecule has 0 unspecified atom stereocenters. The molecule has 19 heavy (non-hydrogen) atoms. The Morgan fingerprint density at radius 2 is 1.68 bits per heavy atom. The lowest BCUT2D eigenvalue weighted by Crippen LogP contribution is -2.00. The summed E-state index contributed by atoms with van der Waals surface area (Å²) in [6.07, 6.45) is 5.29. The highest BCUT2D eigenvalue weighted by molar-refractivity contribution is 5.66. The number of benzene rings is 2. The summed E-state index contributed by atoms with van der Waals surface area (Å²) in [7, 11) is 0. The molecule has 0 fully saturated rings. The first kappa shape index (κ1) is 11.8. The first-order chi connectivity index (χ1) is 9.33. The quantitative estimate of drug-likeness (QED) is 0.627. The van der Waals surface area contributed by atoms with E-state index in [0.717, 1.165) is 6.42 Å². The Kier molecular flexibility index (Phi) is 3.18. The van der Waals surface area contributed by atoms with Gasteiger partial charge in [0.25, 0.3) is 0 Å². The lowest BCUT2D eigenvalue weighted by atomic mass is 9.89. The smallest absolute Gasteiger partial charge is 0.00565 e. The van der Waals surface area contributed by atoms with E-state index >= 15 is 0 Å². The van der Waals surface area contributed by atoms with Gasteiger partial charge < -0.3 is 0 Å².